The molecule has 21 heavy (non-hydrogen) atoms. The Hall–Kier alpha value is -1.56. The Morgan fingerprint density at radius 2 is 2.29 bits per heavy atom. The zero-order valence-corrected chi connectivity index (χ0v) is 13.4. The summed E-state index contributed by atoms with van der Waals surface area (Å²) < 4.78 is 5.39. The van der Waals surface area contributed by atoms with E-state index in [0.29, 0.717) is 12.4 Å². The van der Waals surface area contributed by atoms with Gasteiger partial charge in [0.2, 0.25) is 5.89 Å². The van der Waals surface area contributed by atoms with Gasteiger partial charge in [0, 0.05) is 18.0 Å². The lowest BCUT2D eigenvalue weighted by Gasteiger charge is -2.30. The van der Waals surface area contributed by atoms with Gasteiger partial charge in [-0.1, -0.05) is 20.8 Å². The molecule has 2 heterocycles. The van der Waals surface area contributed by atoms with Crippen molar-refractivity contribution in [1.29, 1.82) is 0 Å². The average Bonchev–Trinajstić information content (AvgIpc) is 2.85. The molecule has 1 saturated heterocycles. The van der Waals surface area contributed by atoms with Gasteiger partial charge in [0.25, 0.3) is 0 Å². The van der Waals surface area contributed by atoms with E-state index in [1.807, 2.05) is 0 Å². The van der Waals surface area contributed by atoms with E-state index in [-0.39, 0.29) is 17.5 Å². The molecule has 0 aromatic carbocycles. The number of hydrogen-bond donors (Lipinski definition) is 2. The van der Waals surface area contributed by atoms with E-state index in [0.717, 1.165) is 31.6 Å². The first-order chi connectivity index (χ1) is 9.84. The van der Waals surface area contributed by atoms with Crippen LogP contribution in [0, 0.1) is 0 Å². The van der Waals surface area contributed by atoms with Crippen LogP contribution in [-0.2, 0) is 12.0 Å². The molecule has 0 saturated carbocycles. The van der Waals surface area contributed by atoms with Crippen molar-refractivity contribution < 1.29 is 9.21 Å². The largest absolute Gasteiger partial charge is 0.447 e. The van der Waals surface area contributed by atoms with Crippen molar-refractivity contribution in [2.45, 2.75) is 51.6 Å². The maximum atomic E-state index is 11.9. The van der Waals surface area contributed by atoms with Crippen LogP contribution in [0.1, 0.15) is 45.2 Å². The van der Waals surface area contributed by atoms with Crippen LogP contribution < -0.4 is 10.6 Å². The van der Waals surface area contributed by atoms with Crippen molar-refractivity contribution in [2.24, 2.45) is 0 Å². The minimum atomic E-state index is -0.161. The summed E-state index contributed by atoms with van der Waals surface area (Å²) >= 11 is 0. The molecule has 118 valence electrons. The van der Waals surface area contributed by atoms with Crippen molar-refractivity contribution in [3.05, 3.63) is 17.8 Å². The van der Waals surface area contributed by atoms with Crippen LogP contribution in [0.5, 0.6) is 0 Å². The highest BCUT2D eigenvalue weighted by atomic mass is 16.3. The molecular formula is C15H26N4O2. The van der Waals surface area contributed by atoms with Crippen molar-refractivity contribution in [3.63, 3.8) is 0 Å². The number of hydrogen-bond acceptors (Lipinski definition) is 4. The second-order valence-corrected chi connectivity index (χ2v) is 6.80. The minimum absolute atomic E-state index is 0.0449. The maximum absolute atomic E-state index is 11.9. The van der Waals surface area contributed by atoms with Gasteiger partial charge in [0.1, 0.15) is 6.26 Å². The van der Waals surface area contributed by atoms with Crippen LogP contribution in [0.4, 0.5) is 4.79 Å². The number of carbonyl (C=O) groups is 1. The highest BCUT2D eigenvalue weighted by Crippen LogP contribution is 2.20. The average molecular weight is 294 g/mol. The second-order valence-electron chi connectivity index (χ2n) is 6.80. The molecule has 2 rings (SSSR count). The normalized spacial score (nSPS) is 20.3. The van der Waals surface area contributed by atoms with Crippen LogP contribution >= 0.6 is 0 Å². The summed E-state index contributed by atoms with van der Waals surface area (Å²) in [5.74, 6) is 0.538. The lowest BCUT2D eigenvalue weighted by Crippen LogP contribution is -2.49. The third-order valence-corrected chi connectivity index (χ3v) is 3.68. The summed E-state index contributed by atoms with van der Waals surface area (Å²) in [7, 11) is 2.08. The van der Waals surface area contributed by atoms with E-state index in [1.54, 1.807) is 6.26 Å². The van der Waals surface area contributed by atoms with Crippen molar-refractivity contribution in [1.82, 2.24) is 20.5 Å². The van der Waals surface area contributed by atoms with Gasteiger partial charge in [-0.05, 0) is 26.4 Å². The maximum Gasteiger partial charge on any atom is 0.315 e. The summed E-state index contributed by atoms with van der Waals surface area (Å²) in [5.41, 5.74) is 0.852. The van der Waals surface area contributed by atoms with Crippen molar-refractivity contribution in [2.75, 3.05) is 20.1 Å². The Morgan fingerprint density at radius 3 is 2.90 bits per heavy atom. The Balaban J connectivity index is 1.77. The van der Waals surface area contributed by atoms with E-state index in [9.17, 15) is 4.79 Å². The molecule has 0 spiro atoms. The summed E-state index contributed by atoms with van der Waals surface area (Å²) in [4.78, 5) is 18.5. The lowest BCUT2D eigenvalue weighted by atomic mass is 9.93. The Kier molecular flexibility index (Phi) is 4.88. The quantitative estimate of drug-likeness (QED) is 0.893. The number of piperidine rings is 1. The molecule has 2 N–H and O–H groups in total. The zero-order chi connectivity index (χ0) is 15.5. The first-order valence-electron chi connectivity index (χ1n) is 7.52. The number of nitrogens with one attached hydrogen (secondary N) is 2. The Labute approximate surface area is 126 Å². The summed E-state index contributed by atoms with van der Waals surface area (Å²) in [6.45, 7) is 8.55. The fraction of sp³-hybridized carbons (Fsp3) is 0.733. The van der Waals surface area contributed by atoms with Gasteiger partial charge in [0.05, 0.1) is 12.2 Å². The second kappa shape index (κ2) is 6.47. The van der Waals surface area contributed by atoms with Crippen molar-refractivity contribution in [3.8, 4) is 0 Å². The predicted molar refractivity (Wildman–Crippen MR) is 81.1 cm³/mol. The van der Waals surface area contributed by atoms with Gasteiger partial charge >= 0.3 is 6.03 Å². The van der Waals surface area contributed by atoms with Gasteiger partial charge in [-0.15, -0.1) is 0 Å². The van der Waals surface area contributed by atoms with Gasteiger partial charge in [0.15, 0.2) is 0 Å². The molecule has 6 heteroatoms. The summed E-state index contributed by atoms with van der Waals surface area (Å²) in [6.07, 6.45) is 3.81. The topological polar surface area (TPSA) is 70.4 Å². The molecule has 0 bridgehead atoms. The number of carbonyl (C=O) groups excluding carboxylic acids is 1. The molecule has 1 aromatic heterocycles. The van der Waals surface area contributed by atoms with Gasteiger partial charge < -0.3 is 20.0 Å². The number of likely N-dealkylation sites (tertiary alicyclic amines) is 1. The zero-order valence-electron chi connectivity index (χ0n) is 13.4. The van der Waals surface area contributed by atoms with E-state index in [4.69, 9.17) is 4.42 Å². The van der Waals surface area contributed by atoms with Crippen LogP contribution in [0.2, 0.25) is 0 Å². The number of nitrogens with zero attached hydrogens (tertiary/aromatic N) is 2. The van der Waals surface area contributed by atoms with E-state index >= 15 is 0 Å². The molecule has 6 nitrogen and oxygen atoms in total. The van der Waals surface area contributed by atoms with Crippen LogP contribution in [-0.4, -0.2) is 42.1 Å². The number of oxazole rings is 1. The molecular weight excluding hydrogens is 268 g/mol. The number of aromatic nitrogens is 1. The highest BCUT2D eigenvalue weighted by molar-refractivity contribution is 5.74. The van der Waals surface area contributed by atoms with Crippen LogP contribution in [0.15, 0.2) is 10.7 Å². The van der Waals surface area contributed by atoms with E-state index in [2.05, 4.69) is 48.3 Å². The molecule has 1 aliphatic rings. The minimum Gasteiger partial charge on any atom is -0.447 e. The molecule has 1 aliphatic heterocycles. The Morgan fingerprint density at radius 1 is 1.52 bits per heavy atom. The molecule has 0 aliphatic carbocycles. The number of amides is 2. The number of likely N-dealkylation sites (N-methyl/N-ethyl adjacent to an activating group) is 1. The predicted octanol–water partition coefficient (Wildman–Crippen LogP) is 1.87. The third kappa shape index (κ3) is 4.74. The standard InChI is InChI=1S/C15H26N4O2/c1-15(2,3)12-10-21-13(18-12)8-16-14(20)17-11-6-5-7-19(4)9-11/h10-11H,5-9H2,1-4H3,(H2,16,17,20). The lowest BCUT2D eigenvalue weighted by molar-refractivity contribution is 0.208. The number of urea groups is 1. The summed E-state index contributed by atoms with van der Waals surface area (Å²) in [6, 6.07) is 0.0595. The van der Waals surface area contributed by atoms with Crippen LogP contribution in [0.3, 0.4) is 0 Å². The Bertz CT molecular complexity index is 478. The fourth-order valence-corrected chi connectivity index (χ4v) is 2.41. The van der Waals surface area contributed by atoms with E-state index < -0.39 is 0 Å². The molecule has 0 radical (unpaired) electrons. The van der Waals surface area contributed by atoms with Gasteiger partial charge in [-0.3, -0.25) is 0 Å². The first-order valence-corrected chi connectivity index (χ1v) is 7.52. The first kappa shape index (κ1) is 15.8. The van der Waals surface area contributed by atoms with Gasteiger partial charge in [-0.25, -0.2) is 9.78 Å². The smallest absolute Gasteiger partial charge is 0.315 e. The van der Waals surface area contributed by atoms with Crippen LogP contribution in [0.25, 0.3) is 0 Å². The molecule has 2 amide bonds. The molecule has 1 fully saturated rings. The number of rotatable bonds is 3. The van der Waals surface area contributed by atoms with Crippen molar-refractivity contribution >= 4 is 6.03 Å². The fourth-order valence-electron chi connectivity index (χ4n) is 2.41. The third-order valence-electron chi connectivity index (χ3n) is 3.68. The van der Waals surface area contributed by atoms with Gasteiger partial charge in [-0.2, -0.15) is 0 Å². The SMILES string of the molecule is CN1CCCC(NC(=O)NCc2nc(C(C)(C)C)co2)C1. The molecule has 1 atom stereocenters. The summed E-state index contributed by atoms with van der Waals surface area (Å²) in [5, 5.41) is 5.80. The monoisotopic (exact) mass is 294 g/mol. The van der Waals surface area contributed by atoms with E-state index in [1.165, 1.54) is 0 Å². The highest BCUT2D eigenvalue weighted by Gasteiger charge is 2.20. The molecule has 1 aromatic rings. The molecule has 1 unspecified atom stereocenters.